The Morgan fingerprint density at radius 2 is 2.22 bits per heavy atom. The third-order valence-electron chi connectivity index (χ3n) is 4.39. The van der Waals surface area contributed by atoms with Crippen LogP contribution in [0.1, 0.15) is 55.0 Å². The van der Waals surface area contributed by atoms with Crippen molar-refractivity contribution in [2.24, 2.45) is 0 Å². The minimum absolute atomic E-state index is 0.475. The molecule has 0 unspecified atom stereocenters. The molecular formula is C18H22N4O. The zero-order valence-corrected chi connectivity index (χ0v) is 13.5. The maximum absolute atomic E-state index is 9.17. The van der Waals surface area contributed by atoms with E-state index in [1.54, 1.807) is 0 Å². The summed E-state index contributed by atoms with van der Waals surface area (Å²) in [7, 11) is 0. The van der Waals surface area contributed by atoms with Gasteiger partial charge in [0.2, 0.25) is 0 Å². The van der Waals surface area contributed by atoms with Crippen LogP contribution in [0.15, 0.2) is 24.3 Å². The maximum Gasteiger partial charge on any atom is 0.186 e. The van der Waals surface area contributed by atoms with Crippen LogP contribution in [0.4, 0.5) is 0 Å². The zero-order chi connectivity index (χ0) is 16.1. The molecule has 3 rings (SSSR count). The molecule has 23 heavy (non-hydrogen) atoms. The van der Waals surface area contributed by atoms with Crippen LogP contribution < -0.4 is 4.74 Å². The van der Waals surface area contributed by atoms with Crippen LogP contribution in [0.2, 0.25) is 0 Å². The van der Waals surface area contributed by atoms with E-state index in [1.807, 2.05) is 22.9 Å². The fourth-order valence-corrected chi connectivity index (χ4v) is 2.91. The molecule has 0 aliphatic heterocycles. The second-order valence-corrected chi connectivity index (χ2v) is 6.16. The number of hydrogen-bond donors (Lipinski definition) is 0. The van der Waals surface area contributed by atoms with Crippen LogP contribution in [0.5, 0.6) is 5.75 Å². The van der Waals surface area contributed by atoms with Crippen LogP contribution >= 0.6 is 0 Å². The summed E-state index contributed by atoms with van der Waals surface area (Å²) in [5.74, 6) is 1.40. The third-order valence-corrected chi connectivity index (χ3v) is 4.39. The Balaban J connectivity index is 1.47. The molecule has 0 bridgehead atoms. The molecule has 5 nitrogen and oxygen atoms in total. The highest BCUT2D eigenvalue weighted by atomic mass is 16.5. The summed E-state index contributed by atoms with van der Waals surface area (Å²) in [6.07, 6.45) is 5.47. The molecular weight excluding hydrogens is 288 g/mol. The van der Waals surface area contributed by atoms with Crippen molar-refractivity contribution in [3.63, 3.8) is 0 Å². The molecule has 5 heteroatoms. The Morgan fingerprint density at radius 3 is 2.91 bits per heavy atom. The lowest BCUT2D eigenvalue weighted by atomic mass is 9.82. The standard InChI is InChI=1S/C18H22N4O/c1-14-6-4-9-16(12-14)23-11-3-2-10-22-18(15-7-5-8-15)17(13-19)20-21-22/h4,6,9,12,15H,2-3,5,7-8,10-11H2,1H3. The Bertz CT molecular complexity index is 697. The molecule has 120 valence electrons. The minimum atomic E-state index is 0.475. The number of ether oxygens (including phenoxy) is 1. The van der Waals surface area contributed by atoms with Gasteiger partial charge in [-0.05, 0) is 50.3 Å². The largest absolute Gasteiger partial charge is 0.494 e. The van der Waals surface area contributed by atoms with Gasteiger partial charge in [-0.3, -0.25) is 0 Å². The number of nitrogens with zero attached hydrogens (tertiary/aromatic N) is 4. The van der Waals surface area contributed by atoms with Crippen molar-refractivity contribution in [3.8, 4) is 11.8 Å². The van der Waals surface area contributed by atoms with Crippen LogP contribution in [-0.4, -0.2) is 21.6 Å². The van der Waals surface area contributed by atoms with Crippen LogP contribution in [0, 0.1) is 18.3 Å². The average molecular weight is 310 g/mol. The van der Waals surface area contributed by atoms with E-state index in [1.165, 1.54) is 12.0 Å². The van der Waals surface area contributed by atoms with Gasteiger partial charge < -0.3 is 4.74 Å². The van der Waals surface area contributed by atoms with Crippen molar-refractivity contribution in [1.82, 2.24) is 15.0 Å². The molecule has 1 aromatic heterocycles. The smallest absolute Gasteiger partial charge is 0.186 e. The quantitative estimate of drug-likeness (QED) is 0.733. The summed E-state index contributed by atoms with van der Waals surface area (Å²) in [5, 5.41) is 17.3. The van der Waals surface area contributed by atoms with Crippen LogP contribution in [0.25, 0.3) is 0 Å². The summed E-state index contributed by atoms with van der Waals surface area (Å²) in [4.78, 5) is 0. The lowest BCUT2D eigenvalue weighted by Crippen LogP contribution is -2.16. The maximum atomic E-state index is 9.17. The third kappa shape index (κ3) is 3.70. The normalized spacial score (nSPS) is 14.3. The van der Waals surface area contributed by atoms with E-state index in [-0.39, 0.29) is 0 Å². The molecule has 0 radical (unpaired) electrons. The van der Waals surface area contributed by atoms with Crippen molar-refractivity contribution in [3.05, 3.63) is 41.2 Å². The number of aryl methyl sites for hydroxylation is 2. The van der Waals surface area contributed by atoms with Crippen molar-refractivity contribution in [2.45, 2.75) is 51.5 Å². The monoisotopic (exact) mass is 310 g/mol. The first-order valence-electron chi connectivity index (χ1n) is 8.31. The van der Waals surface area contributed by atoms with Crippen LogP contribution in [0.3, 0.4) is 0 Å². The topological polar surface area (TPSA) is 63.7 Å². The summed E-state index contributed by atoms with van der Waals surface area (Å²) >= 11 is 0. The van der Waals surface area contributed by atoms with Gasteiger partial charge in [-0.15, -0.1) is 5.10 Å². The molecule has 1 fully saturated rings. The van der Waals surface area contributed by atoms with Gasteiger partial charge >= 0.3 is 0 Å². The molecule has 1 saturated carbocycles. The second-order valence-electron chi connectivity index (χ2n) is 6.16. The molecule has 2 aromatic rings. The SMILES string of the molecule is Cc1cccc(OCCCCn2nnc(C#N)c2C2CCC2)c1. The van der Waals surface area contributed by atoms with Gasteiger partial charge in [0.05, 0.1) is 12.3 Å². The minimum Gasteiger partial charge on any atom is -0.494 e. The molecule has 1 aromatic carbocycles. The molecule has 1 aliphatic rings. The van der Waals surface area contributed by atoms with Gasteiger partial charge in [-0.25, -0.2) is 4.68 Å². The number of nitriles is 1. The number of benzene rings is 1. The Hall–Kier alpha value is -2.35. The first-order valence-corrected chi connectivity index (χ1v) is 8.31. The number of unbranched alkanes of at least 4 members (excludes halogenated alkanes) is 1. The van der Waals surface area contributed by atoms with Gasteiger partial charge in [0.1, 0.15) is 11.8 Å². The predicted molar refractivity (Wildman–Crippen MR) is 87.2 cm³/mol. The lowest BCUT2D eigenvalue weighted by Gasteiger charge is -2.25. The van der Waals surface area contributed by atoms with Crippen LogP contribution in [-0.2, 0) is 6.54 Å². The molecule has 0 saturated heterocycles. The molecule has 0 N–H and O–H groups in total. The Morgan fingerprint density at radius 1 is 1.35 bits per heavy atom. The van der Waals surface area contributed by atoms with Crippen molar-refractivity contribution >= 4 is 0 Å². The van der Waals surface area contributed by atoms with Gasteiger partial charge in [-0.1, -0.05) is 23.8 Å². The van der Waals surface area contributed by atoms with Gasteiger partial charge in [0.15, 0.2) is 5.69 Å². The zero-order valence-electron chi connectivity index (χ0n) is 13.5. The summed E-state index contributed by atoms with van der Waals surface area (Å²) < 4.78 is 7.69. The lowest BCUT2D eigenvalue weighted by molar-refractivity contribution is 0.299. The fraction of sp³-hybridized carbons (Fsp3) is 0.500. The number of rotatable bonds is 7. The Kier molecular flexibility index (Phi) is 4.92. The fourth-order valence-electron chi connectivity index (χ4n) is 2.91. The highest BCUT2D eigenvalue weighted by Gasteiger charge is 2.27. The van der Waals surface area contributed by atoms with Crippen molar-refractivity contribution in [1.29, 1.82) is 5.26 Å². The molecule has 0 atom stereocenters. The van der Waals surface area contributed by atoms with E-state index in [0.717, 1.165) is 43.7 Å². The molecule has 0 amide bonds. The Labute approximate surface area is 136 Å². The highest BCUT2D eigenvalue weighted by Crippen LogP contribution is 2.37. The predicted octanol–water partition coefficient (Wildman–Crippen LogP) is 3.58. The molecule has 1 aliphatic carbocycles. The molecule has 1 heterocycles. The van der Waals surface area contributed by atoms with E-state index in [2.05, 4.69) is 29.4 Å². The van der Waals surface area contributed by atoms with E-state index in [9.17, 15) is 5.26 Å². The first-order chi connectivity index (χ1) is 11.3. The van der Waals surface area contributed by atoms with E-state index >= 15 is 0 Å². The van der Waals surface area contributed by atoms with Gasteiger partial charge in [0, 0.05) is 12.5 Å². The van der Waals surface area contributed by atoms with Crippen molar-refractivity contribution in [2.75, 3.05) is 6.61 Å². The number of hydrogen-bond acceptors (Lipinski definition) is 4. The van der Waals surface area contributed by atoms with E-state index in [0.29, 0.717) is 18.2 Å². The second kappa shape index (κ2) is 7.28. The van der Waals surface area contributed by atoms with Crippen molar-refractivity contribution < 1.29 is 4.74 Å². The number of aromatic nitrogens is 3. The summed E-state index contributed by atoms with van der Waals surface area (Å²) in [6, 6.07) is 10.3. The average Bonchev–Trinajstić information content (AvgIpc) is 2.88. The first kappa shape index (κ1) is 15.5. The van der Waals surface area contributed by atoms with E-state index < -0.39 is 0 Å². The summed E-state index contributed by atoms with van der Waals surface area (Å²) in [5.41, 5.74) is 2.75. The highest BCUT2D eigenvalue weighted by molar-refractivity contribution is 5.29. The van der Waals surface area contributed by atoms with E-state index in [4.69, 9.17) is 4.74 Å². The summed E-state index contributed by atoms with van der Waals surface area (Å²) in [6.45, 7) is 3.56. The van der Waals surface area contributed by atoms with Gasteiger partial charge in [0.25, 0.3) is 0 Å². The molecule has 0 spiro atoms. The van der Waals surface area contributed by atoms with Gasteiger partial charge in [-0.2, -0.15) is 5.26 Å².